The van der Waals surface area contributed by atoms with Gasteiger partial charge in [0.1, 0.15) is 5.15 Å². The molecule has 5 nitrogen and oxygen atoms in total. The molecular formula is C13H8Cl2N4O. The molecule has 0 saturated heterocycles. The summed E-state index contributed by atoms with van der Waals surface area (Å²) in [6.07, 6.45) is 1.66. The molecule has 0 spiro atoms. The molecule has 3 rings (SSSR count). The summed E-state index contributed by atoms with van der Waals surface area (Å²) in [4.78, 5) is 11.8. The molecule has 2 aromatic heterocycles. The number of hydrogen-bond donors (Lipinski definition) is 1. The Morgan fingerprint density at radius 3 is 2.55 bits per heavy atom. The van der Waals surface area contributed by atoms with Crippen molar-refractivity contribution in [2.45, 2.75) is 0 Å². The van der Waals surface area contributed by atoms with Gasteiger partial charge in [-0.25, -0.2) is 4.68 Å². The third-order valence-corrected chi connectivity index (χ3v) is 3.14. The lowest BCUT2D eigenvalue weighted by Gasteiger charge is -1.99. The van der Waals surface area contributed by atoms with Gasteiger partial charge in [0.25, 0.3) is 0 Å². The topological polar surface area (TPSA) is 63.6 Å². The maximum atomic E-state index is 11.8. The molecule has 1 aromatic carbocycles. The Hall–Kier alpha value is -2.11. The van der Waals surface area contributed by atoms with Crippen LogP contribution in [0.2, 0.25) is 10.2 Å². The van der Waals surface area contributed by atoms with Crippen LogP contribution in [0.15, 0.2) is 47.4 Å². The highest BCUT2D eigenvalue weighted by Gasteiger charge is 2.08. The molecular weight excluding hydrogens is 299 g/mol. The van der Waals surface area contributed by atoms with Crippen LogP contribution in [-0.4, -0.2) is 20.0 Å². The second-order valence-corrected chi connectivity index (χ2v) is 4.90. The van der Waals surface area contributed by atoms with Crippen LogP contribution in [-0.2, 0) is 0 Å². The Morgan fingerprint density at radius 1 is 1.10 bits per heavy atom. The number of nitrogens with one attached hydrogen (secondary N) is 1. The lowest BCUT2D eigenvalue weighted by molar-refractivity contribution is 0.807. The van der Waals surface area contributed by atoms with Crippen LogP contribution in [0.25, 0.3) is 17.1 Å². The average Bonchev–Trinajstić information content (AvgIpc) is 2.89. The number of benzene rings is 1. The van der Waals surface area contributed by atoms with E-state index in [0.29, 0.717) is 5.02 Å². The van der Waals surface area contributed by atoms with E-state index in [-0.39, 0.29) is 16.4 Å². The molecule has 0 bridgehead atoms. The molecule has 3 aromatic rings. The lowest BCUT2D eigenvalue weighted by atomic mass is 10.2. The molecule has 1 N–H and O–H groups in total. The summed E-state index contributed by atoms with van der Waals surface area (Å²) in [6.45, 7) is 0. The first kappa shape index (κ1) is 12.9. The number of halogens is 2. The van der Waals surface area contributed by atoms with Crippen molar-refractivity contribution < 1.29 is 0 Å². The van der Waals surface area contributed by atoms with E-state index in [9.17, 15) is 4.79 Å². The Bertz CT molecular complexity index is 808. The van der Waals surface area contributed by atoms with E-state index >= 15 is 0 Å². The van der Waals surface area contributed by atoms with E-state index in [1.807, 2.05) is 12.1 Å². The van der Waals surface area contributed by atoms with Crippen molar-refractivity contribution in [1.82, 2.24) is 20.0 Å². The van der Waals surface area contributed by atoms with E-state index in [1.54, 1.807) is 24.4 Å². The van der Waals surface area contributed by atoms with Crippen molar-refractivity contribution in [3.63, 3.8) is 0 Å². The third kappa shape index (κ3) is 2.45. The molecule has 0 atom stereocenters. The fourth-order valence-electron chi connectivity index (χ4n) is 1.75. The zero-order chi connectivity index (χ0) is 14.1. The van der Waals surface area contributed by atoms with Gasteiger partial charge in [-0.05, 0) is 18.2 Å². The zero-order valence-corrected chi connectivity index (χ0v) is 11.6. The van der Waals surface area contributed by atoms with Crippen molar-refractivity contribution >= 4 is 23.2 Å². The van der Waals surface area contributed by atoms with Crippen LogP contribution in [0, 0.1) is 0 Å². The summed E-state index contributed by atoms with van der Waals surface area (Å²) < 4.78 is 1.40. The first-order valence-electron chi connectivity index (χ1n) is 5.71. The zero-order valence-electron chi connectivity index (χ0n) is 10.0. The van der Waals surface area contributed by atoms with Crippen LogP contribution in [0.5, 0.6) is 0 Å². The maximum Gasteiger partial charge on any atom is 0.227 e. The van der Waals surface area contributed by atoms with Crippen LogP contribution in [0.3, 0.4) is 0 Å². The molecule has 0 unspecified atom stereocenters. The molecule has 0 saturated carbocycles. The number of H-pyrrole nitrogens is 1. The number of aromatic amines is 1. The normalized spacial score (nSPS) is 10.7. The second-order valence-electron chi connectivity index (χ2n) is 4.06. The summed E-state index contributed by atoms with van der Waals surface area (Å²) in [5.74, 6) is 0.162. The Balaban J connectivity index is 2.02. The van der Waals surface area contributed by atoms with Crippen LogP contribution < -0.4 is 5.43 Å². The number of nitrogens with zero attached hydrogens (tertiary/aromatic N) is 3. The van der Waals surface area contributed by atoms with Crippen molar-refractivity contribution in [3.8, 4) is 17.1 Å². The lowest BCUT2D eigenvalue weighted by Crippen LogP contribution is -2.14. The minimum Gasteiger partial charge on any atom is -0.286 e. The predicted molar refractivity (Wildman–Crippen MR) is 77.4 cm³/mol. The Morgan fingerprint density at radius 2 is 1.85 bits per heavy atom. The van der Waals surface area contributed by atoms with Gasteiger partial charge >= 0.3 is 0 Å². The van der Waals surface area contributed by atoms with Crippen molar-refractivity contribution in [2.75, 3.05) is 0 Å². The minimum absolute atomic E-state index is 0.162. The molecule has 0 aliphatic rings. The van der Waals surface area contributed by atoms with Gasteiger partial charge in [-0.2, -0.15) is 10.2 Å². The van der Waals surface area contributed by atoms with Crippen molar-refractivity contribution in [3.05, 3.63) is 63.0 Å². The highest BCUT2D eigenvalue weighted by atomic mass is 35.5. The van der Waals surface area contributed by atoms with Gasteiger partial charge in [0, 0.05) is 22.8 Å². The van der Waals surface area contributed by atoms with Crippen LogP contribution in [0.1, 0.15) is 0 Å². The Labute approximate surface area is 123 Å². The van der Waals surface area contributed by atoms with Gasteiger partial charge < -0.3 is 0 Å². The SMILES string of the molecule is O=c1cc(Cl)[nH]nc1-n1ccc(-c2ccc(Cl)cc2)n1. The van der Waals surface area contributed by atoms with E-state index in [1.165, 1.54) is 10.7 Å². The smallest absolute Gasteiger partial charge is 0.227 e. The quantitative estimate of drug-likeness (QED) is 0.791. The third-order valence-electron chi connectivity index (χ3n) is 2.69. The maximum absolute atomic E-state index is 11.8. The second kappa shape index (κ2) is 5.11. The molecule has 0 fully saturated rings. The molecule has 0 radical (unpaired) electrons. The van der Waals surface area contributed by atoms with E-state index < -0.39 is 0 Å². The van der Waals surface area contributed by atoms with Gasteiger partial charge in [-0.3, -0.25) is 9.89 Å². The van der Waals surface area contributed by atoms with Gasteiger partial charge in [0.15, 0.2) is 0 Å². The Kier molecular flexibility index (Phi) is 3.30. The van der Waals surface area contributed by atoms with Gasteiger partial charge in [-0.1, -0.05) is 35.3 Å². The fourth-order valence-corrected chi connectivity index (χ4v) is 2.02. The first-order chi connectivity index (χ1) is 9.63. The summed E-state index contributed by atoms with van der Waals surface area (Å²) in [5.41, 5.74) is 1.32. The van der Waals surface area contributed by atoms with Gasteiger partial charge in [0.05, 0.1) is 5.69 Å². The average molecular weight is 307 g/mol. The summed E-state index contributed by atoms with van der Waals surface area (Å²) in [7, 11) is 0. The van der Waals surface area contributed by atoms with E-state index in [0.717, 1.165) is 11.3 Å². The number of rotatable bonds is 2. The monoisotopic (exact) mass is 306 g/mol. The standard InChI is InChI=1S/C13H8Cl2N4O/c14-9-3-1-8(2-4-9)10-5-6-19(18-10)13-11(20)7-12(15)16-17-13/h1-7H,(H,16,20). The summed E-state index contributed by atoms with van der Waals surface area (Å²) >= 11 is 11.5. The fraction of sp³-hybridized carbons (Fsp3) is 0. The number of hydrogen-bond acceptors (Lipinski definition) is 3. The largest absolute Gasteiger partial charge is 0.286 e. The molecule has 0 aliphatic heterocycles. The minimum atomic E-state index is -0.306. The molecule has 20 heavy (non-hydrogen) atoms. The number of aromatic nitrogens is 4. The van der Waals surface area contributed by atoms with Crippen molar-refractivity contribution in [1.29, 1.82) is 0 Å². The predicted octanol–water partition coefficient (Wildman–Crippen LogP) is 2.93. The van der Waals surface area contributed by atoms with E-state index in [4.69, 9.17) is 23.2 Å². The summed E-state index contributed by atoms with van der Waals surface area (Å²) in [6, 6.07) is 10.3. The molecule has 2 heterocycles. The van der Waals surface area contributed by atoms with Crippen LogP contribution in [0.4, 0.5) is 0 Å². The van der Waals surface area contributed by atoms with Gasteiger partial charge in [0.2, 0.25) is 11.2 Å². The summed E-state index contributed by atoms with van der Waals surface area (Å²) in [5, 5.41) is 11.6. The first-order valence-corrected chi connectivity index (χ1v) is 6.46. The highest BCUT2D eigenvalue weighted by Crippen LogP contribution is 2.19. The molecule has 100 valence electrons. The molecule has 0 aliphatic carbocycles. The van der Waals surface area contributed by atoms with Crippen LogP contribution >= 0.6 is 23.2 Å². The van der Waals surface area contributed by atoms with Crippen molar-refractivity contribution in [2.24, 2.45) is 0 Å². The molecule has 7 heteroatoms. The van der Waals surface area contributed by atoms with E-state index in [2.05, 4.69) is 15.3 Å². The van der Waals surface area contributed by atoms with Gasteiger partial charge in [-0.15, -0.1) is 0 Å². The molecule has 0 amide bonds. The highest BCUT2D eigenvalue weighted by molar-refractivity contribution is 6.30.